The van der Waals surface area contributed by atoms with E-state index in [-0.39, 0.29) is 24.5 Å². The molecule has 0 saturated carbocycles. The zero-order valence-electron chi connectivity index (χ0n) is 18.0. The molecule has 1 heterocycles. The molecule has 3 aromatic rings. The van der Waals surface area contributed by atoms with E-state index in [9.17, 15) is 14.4 Å². The van der Waals surface area contributed by atoms with Crippen LogP contribution in [0.4, 0.5) is 5.69 Å². The second-order valence-electron chi connectivity index (χ2n) is 7.96. The molecule has 6 heteroatoms. The number of nitrogens with zero attached hydrogens (tertiary/aromatic N) is 1. The maximum absolute atomic E-state index is 12.9. The normalized spacial score (nSPS) is 14.8. The zero-order valence-corrected chi connectivity index (χ0v) is 18.0. The highest BCUT2D eigenvalue weighted by Gasteiger charge is 2.28. The summed E-state index contributed by atoms with van der Waals surface area (Å²) in [6.45, 7) is 1.89. The van der Waals surface area contributed by atoms with Crippen molar-refractivity contribution >= 4 is 23.5 Å². The maximum atomic E-state index is 12.9. The van der Waals surface area contributed by atoms with Gasteiger partial charge < -0.3 is 15.0 Å². The number of cyclic esters (lactones) is 1. The van der Waals surface area contributed by atoms with Gasteiger partial charge in [0, 0.05) is 24.7 Å². The SMILES string of the molecule is Cc1ccc(NC(=O)CN(C)C(=O)c2ccc3c(c2)C[C@H](c2ccccc2)OC3=O)cc1. The quantitative estimate of drug-likeness (QED) is 0.619. The third-order valence-electron chi connectivity index (χ3n) is 5.46. The second-order valence-corrected chi connectivity index (χ2v) is 7.96. The highest BCUT2D eigenvalue weighted by Crippen LogP contribution is 2.31. The third-order valence-corrected chi connectivity index (χ3v) is 5.46. The van der Waals surface area contributed by atoms with Crippen molar-refractivity contribution in [3.05, 3.63) is 101 Å². The summed E-state index contributed by atoms with van der Waals surface area (Å²) in [6, 6.07) is 21.9. The van der Waals surface area contributed by atoms with Crippen molar-refractivity contribution in [2.45, 2.75) is 19.4 Å². The average molecular weight is 428 g/mol. The van der Waals surface area contributed by atoms with Crippen LogP contribution in [0.3, 0.4) is 0 Å². The molecule has 0 unspecified atom stereocenters. The fraction of sp³-hybridized carbons (Fsp3) is 0.192. The number of aryl methyl sites for hydroxylation is 1. The Bertz CT molecular complexity index is 1160. The van der Waals surface area contributed by atoms with Crippen LogP contribution in [-0.4, -0.2) is 36.3 Å². The van der Waals surface area contributed by atoms with E-state index in [1.165, 1.54) is 4.90 Å². The van der Waals surface area contributed by atoms with Gasteiger partial charge in [-0.1, -0.05) is 48.0 Å². The van der Waals surface area contributed by atoms with Crippen LogP contribution in [0.15, 0.2) is 72.8 Å². The number of esters is 1. The predicted molar refractivity (Wildman–Crippen MR) is 122 cm³/mol. The number of carbonyl (C=O) groups is 3. The molecule has 162 valence electrons. The number of benzene rings is 3. The largest absolute Gasteiger partial charge is 0.454 e. The highest BCUT2D eigenvalue weighted by atomic mass is 16.5. The number of hydrogen-bond acceptors (Lipinski definition) is 4. The highest BCUT2D eigenvalue weighted by molar-refractivity contribution is 6.00. The third kappa shape index (κ3) is 4.70. The van der Waals surface area contributed by atoms with E-state index in [1.807, 2.05) is 61.5 Å². The molecule has 3 aromatic carbocycles. The van der Waals surface area contributed by atoms with Crippen LogP contribution in [0.2, 0.25) is 0 Å². The summed E-state index contributed by atoms with van der Waals surface area (Å²) in [6.07, 6.45) is 0.101. The number of rotatable bonds is 5. The van der Waals surface area contributed by atoms with Gasteiger partial charge in [-0.15, -0.1) is 0 Å². The molecule has 32 heavy (non-hydrogen) atoms. The predicted octanol–water partition coefficient (Wildman–Crippen LogP) is 4.16. The van der Waals surface area contributed by atoms with E-state index in [1.54, 1.807) is 25.2 Å². The van der Waals surface area contributed by atoms with Crippen LogP contribution in [0, 0.1) is 6.92 Å². The van der Waals surface area contributed by atoms with Crippen molar-refractivity contribution in [2.24, 2.45) is 0 Å². The summed E-state index contributed by atoms with van der Waals surface area (Å²) in [4.78, 5) is 39.1. The summed E-state index contributed by atoms with van der Waals surface area (Å²) in [5, 5.41) is 2.79. The summed E-state index contributed by atoms with van der Waals surface area (Å²) < 4.78 is 5.58. The Labute approximate surface area is 186 Å². The minimum atomic E-state index is -0.398. The van der Waals surface area contributed by atoms with Gasteiger partial charge in [0.2, 0.25) is 5.91 Å². The van der Waals surface area contributed by atoms with Crippen LogP contribution >= 0.6 is 0 Å². The smallest absolute Gasteiger partial charge is 0.339 e. The zero-order chi connectivity index (χ0) is 22.7. The fourth-order valence-corrected chi connectivity index (χ4v) is 3.73. The lowest BCUT2D eigenvalue weighted by Gasteiger charge is -2.26. The molecule has 1 N–H and O–H groups in total. The van der Waals surface area contributed by atoms with Gasteiger partial charge >= 0.3 is 5.97 Å². The van der Waals surface area contributed by atoms with E-state index in [0.29, 0.717) is 23.2 Å². The Morgan fingerprint density at radius 3 is 2.47 bits per heavy atom. The molecule has 0 radical (unpaired) electrons. The molecule has 0 saturated heterocycles. The first-order valence-electron chi connectivity index (χ1n) is 10.4. The summed E-state index contributed by atoms with van der Waals surface area (Å²) in [5.74, 6) is -0.970. The lowest BCUT2D eigenvalue weighted by molar-refractivity contribution is -0.116. The molecule has 0 aromatic heterocycles. The molecule has 1 aliphatic rings. The van der Waals surface area contributed by atoms with E-state index in [2.05, 4.69) is 5.32 Å². The number of amides is 2. The first-order valence-corrected chi connectivity index (χ1v) is 10.4. The fourth-order valence-electron chi connectivity index (χ4n) is 3.73. The van der Waals surface area contributed by atoms with Crippen LogP contribution in [0.25, 0.3) is 0 Å². The minimum Gasteiger partial charge on any atom is -0.454 e. The van der Waals surface area contributed by atoms with Crippen LogP contribution in [0.1, 0.15) is 43.5 Å². The molecule has 6 nitrogen and oxygen atoms in total. The Kier molecular flexibility index (Phi) is 6.03. The first kappa shape index (κ1) is 21.3. The standard InChI is InChI=1S/C26H24N2O4/c1-17-8-11-21(12-9-17)27-24(29)16-28(2)25(30)19-10-13-22-20(14-19)15-23(32-26(22)31)18-6-4-3-5-7-18/h3-14,23H,15-16H2,1-2H3,(H,27,29)/t23-/m1/s1. The van der Waals surface area contributed by atoms with Crippen molar-refractivity contribution in [3.63, 3.8) is 0 Å². The molecule has 0 fully saturated rings. The molecule has 1 aliphatic heterocycles. The average Bonchev–Trinajstić information content (AvgIpc) is 2.80. The number of fused-ring (bicyclic) bond motifs is 1. The molecule has 0 spiro atoms. The molecular formula is C26H24N2O4. The van der Waals surface area contributed by atoms with Gasteiger partial charge in [-0.25, -0.2) is 4.79 Å². The number of nitrogens with one attached hydrogen (secondary N) is 1. The second kappa shape index (κ2) is 9.06. The molecule has 4 rings (SSSR count). The van der Waals surface area contributed by atoms with Crippen molar-refractivity contribution in [3.8, 4) is 0 Å². The van der Waals surface area contributed by atoms with Gasteiger partial charge in [0.1, 0.15) is 6.10 Å². The Morgan fingerprint density at radius 1 is 1.03 bits per heavy atom. The molecule has 0 bridgehead atoms. The lowest BCUT2D eigenvalue weighted by atomic mass is 9.93. The molecule has 1 atom stereocenters. The van der Waals surface area contributed by atoms with Gasteiger partial charge in [-0.05, 0) is 48.4 Å². The van der Waals surface area contributed by atoms with Gasteiger partial charge in [0.05, 0.1) is 12.1 Å². The van der Waals surface area contributed by atoms with Crippen LogP contribution in [0.5, 0.6) is 0 Å². The van der Waals surface area contributed by atoms with Crippen molar-refractivity contribution in [1.82, 2.24) is 4.90 Å². The van der Waals surface area contributed by atoms with Gasteiger partial charge in [0.15, 0.2) is 0 Å². The van der Waals surface area contributed by atoms with Crippen molar-refractivity contribution < 1.29 is 19.1 Å². The lowest BCUT2D eigenvalue weighted by Crippen LogP contribution is -2.35. The minimum absolute atomic E-state index is 0.0848. The topological polar surface area (TPSA) is 75.7 Å². The van der Waals surface area contributed by atoms with Crippen LogP contribution in [-0.2, 0) is 16.0 Å². The monoisotopic (exact) mass is 428 g/mol. The summed E-state index contributed by atoms with van der Waals surface area (Å²) >= 11 is 0. The summed E-state index contributed by atoms with van der Waals surface area (Å²) in [7, 11) is 1.58. The number of anilines is 1. The van der Waals surface area contributed by atoms with E-state index in [4.69, 9.17) is 4.74 Å². The summed E-state index contributed by atoms with van der Waals surface area (Å²) in [5.41, 5.74) is 4.35. The Hall–Kier alpha value is -3.93. The molecule has 0 aliphatic carbocycles. The molecular weight excluding hydrogens is 404 g/mol. The van der Waals surface area contributed by atoms with E-state index in [0.717, 1.165) is 16.7 Å². The van der Waals surface area contributed by atoms with Crippen molar-refractivity contribution in [2.75, 3.05) is 18.9 Å². The van der Waals surface area contributed by atoms with Gasteiger partial charge in [0.25, 0.3) is 5.91 Å². The van der Waals surface area contributed by atoms with E-state index < -0.39 is 5.97 Å². The van der Waals surface area contributed by atoms with E-state index >= 15 is 0 Å². The number of likely N-dealkylation sites (N-methyl/N-ethyl adjacent to an activating group) is 1. The number of ether oxygens (including phenoxy) is 1. The Balaban J connectivity index is 1.45. The number of hydrogen-bond donors (Lipinski definition) is 1. The maximum Gasteiger partial charge on any atom is 0.339 e. The number of carbonyl (C=O) groups excluding carboxylic acids is 3. The van der Waals surface area contributed by atoms with Crippen molar-refractivity contribution in [1.29, 1.82) is 0 Å². The first-order chi connectivity index (χ1) is 15.4. The van der Waals surface area contributed by atoms with Gasteiger partial charge in [-0.3, -0.25) is 9.59 Å². The molecule has 2 amide bonds. The Morgan fingerprint density at radius 2 is 1.75 bits per heavy atom. The van der Waals surface area contributed by atoms with Crippen LogP contribution < -0.4 is 5.32 Å². The van der Waals surface area contributed by atoms with Gasteiger partial charge in [-0.2, -0.15) is 0 Å².